The second kappa shape index (κ2) is 21.1. The molecule has 0 spiro atoms. The van der Waals surface area contributed by atoms with Crippen molar-refractivity contribution in [1.29, 1.82) is 0 Å². The van der Waals surface area contributed by atoms with E-state index in [1.807, 2.05) is 0 Å². The van der Waals surface area contributed by atoms with Crippen molar-refractivity contribution in [1.82, 2.24) is 15.5 Å². The minimum absolute atomic E-state index is 0. The molecule has 0 aromatic rings. The van der Waals surface area contributed by atoms with Gasteiger partial charge in [-0.15, -0.1) is 11.6 Å². The highest BCUT2D eigenvalue weighted by Crippen LogP contribution is 2.45. The molecule has 1 aliphatic heterocycles. The number of nitrogens with one attached hydrogen (secondary N) is 2. The van der Waals surface area contributed by atoms with Crippen LogP contribution in [-0.4, -0.2) is 84.8 Å². The van der Waals surface area contributed by atoms with Gasteiger partial charge >= 0.3 is 0 Å². The lowest BCUT2D eigenvalue weighted by Crippen LogP contribution is -2.54. The third kappa shape index (κ3) is 13.9. The number of hydrogen-bond donors (Lipinski definition) is 2. The molecule has 212 valence electrons. The van der Waals surface area contributed by atoms with E-state index >= 15 is 0 Å². The van der Waals surface area contributed by atoms with Crippen molar-refractivity contribution in [3.05, 3.63) is 0 Å². The molecule has 2 atom stereocenters. The molecule has 2 rings (SSSR count). The van der Waals surface area contributed by atoms with Crippen LogP contribution in [0, 0.1) is 23.2 Å². The normalized spacial score (nSPS) is 25.0. The number of unbranched alkanes of at least 4 members (excludes halogenated alkanes) is 1. The predicted octanol–water partition coefficient (Wildman–Crippen LogP) is 2.06. The van der Waals surface area contributed by atoms with Crippen LogP contribution in [0.3, 0.4) is 0 Å². The maximum absolute atomic E-state index is 6.36. The van der Waals surface area contributed by atoms with Crippen LogP contribution in [0.25, 0.3) is 0 Å². The van der Waals surface area contributed by atoms with Gasteiger partial charge in [0.1, 0.15) is 0 Å². The maximum atomic E-state index is 6.36. The Morgan fingerprint density at radius 3 is 2.15 bits per heavy atom. The fourth-order valence-electron chi connectivity index (χ4n) is 5.57. The SMILES string of the molecule is C.COCCCCNCN[C@@H](CN1CCC(C2CCC(Cl)CC2)C(C)(C)C1)C(C)C.O.O.O.O. The van der Waals surface area contributed by atoms with Crippen LogP contribution in [0.2, 0.25) is 0 Å². The van der Waals surface area contributed by atoms with E-state index in [2.05, 4.69) is 43.2 Å². The third-order valence-corrected chi connectivity index (χ3v) is 7.80. The Bertz CT molecular complexity index is 452. The van der Waals surface area contributed by atoms with Crippen LogP contribution in [0.5, 0.6) is 0 Å². The van der Waals surface area contributed by atoms with Gasteiger partial charge in [-0.2, -0.15) is 0 Å². The van der Waals surface area contributed by atoms with Gasteiger partial charge in [0, 0.05) is 44.9 Å². The van der Waals surface area contributed by atoms with E-state index in [9.17, 15) is 0 Å². The molecule has 0 aromatic heterocycles. The fourth-order valence-corrected chi connectivity index (χ4v) is 5.82. The smallest absolute Gasteiger partial charge is 0.0462 e. The molecule has 1 saturated carbocycles. The van der Waals surface area contributed by atoms with Crippen LogP contribution in [0.1, 0.15) is 80.1 Å². The van der Waals surface area contributed by atoms with Gasteiger partial charge in [-0.3, -0.25) is 0 Å². The van der Waals surface area contributed by atoms with Crippen molar-refractivity contribution < 1.29 is 26.6 Å². The summed E-state index contributed by atoms with van der Waals surface area (Å²) < 4.78 is 5.12. The molecule has 2 fully saturated rings. The molecule has 1 unspecified atom stereocenters. The topological polar surface area (TPSA) is 163 Å². The molecule has 2 aliphatic rings. The summed E-state index contributed by atoms with van der Waals surface area (Å²) in [6.07, 6.45) is 8.79. The molecular formula is C25H60ClN3O5. The summed E-state index contributed by atoms with van der Waals surface area (Å²) >= 11 is 6.36. The molecule has 0 bridgehead atoms. The van der Waals surface area contributed by atoms with E-state index < -0.39 is 0 Å². The highest BCUT2D eigenvalue weighted by molar-refractivity contribution is 6.20. The van der Waals surface area contributed by atoms with Gasteiger partial charge < -0.3 is 42.2 Å². The van der Waals surface area contributed by atoms with E-state index in [4.69, 9.17) is 16.3 Å². The Hall–Kier alpha value is -0.0300. The molecule has 8 nitrogen and oxygen atoms in total. The minimum atomic E-state index is 0. The molecule has 10 N–H and O–H groups in total. The lowest BCUT2D eigenvalue weighted by atomic mass is 9.64. The predicted molar refractivity (Wildman–Crippen MR) is 147 cm³/mol. The first-order chi connectivity index (χ1) is 13.8. The molecule has 0 radical (unpaired) electrons. The zero-order chi connectivity index (χ0) is 21.3. The average molecular weight is 518 g/mol. The average Bonchev–Trinajstić information content (AvgIpc) is 2.66. The van der Waals surface area contributed by atoms with E-state index in [0.29, 0.717) is 22.8 Å². The molecule has 34 heavy (non-hydrogen) atoms. The van der Waals surface area contributed by atoms with Crippen LogP contribution in [0.15, 0.2) is 0 Å². The van der Waals surface area contributed by atoms with Crippen molar-refractivity contribution >= 4 is 11.6 Å². The number of rotatable bonds is 12. The lowest BCUT2D eigenvalue weighted by molar-refractivity contribution is 0.00477. The second-order valence-electron chi connectivity index (χ2n) is 10.6. The number of nitrogens with zero attached hydrogens (tertiary/aromatic N) is 1. The van der Waals surface area contributed by atoms with Gasteiger partial charge in [0.05, 0.1) is 0 Å². The molecule has 1 saturated heterocycles. The van der Waals surface area contributed by atoms with Gasteiger partial charge in [0.2, 0.25) is 0 Å². The molecule has 0 amide bonds. The van der Waals surface area contributed by atoms with Gasteiger partial charge in [0.15, 0.2) is 0 Å². The van der Waals surface area contributed by atoms with Crippen LogP contribution in [0.4, 0.5) is 0 Å². The maximum Gasteiger partial charge on any atom is 0.0462 e. The van der Waals surface area contributed by atoms with Crippen LogP contribution < -0.4 is 10.6 Å². The van der Waals surface area contributed by atoms with E-state index in [-0.39, 0.29) is 29.3 Å². The number of hydrogen-bond acceptors (Lipinski definition) is 4. The van der Waals surface area contributed by atoms with Crippen molar-refractivity contribution in [3.8, 4) is 0 Å². The monoisotopic (exact) mass is 517 g/mol. The third-order valence-electron chi connectivity index (χ3n) is 7.36. The first-order valence-corrected chi connectivity index (χ1v) is 12.6. The Balaban J connectivity index is -0.000000900. The molecule has 1 heterocycles. The highest BCUT2D eigenvalue weighted by Gasteiger charge is 2.41. The summed E-state index contributed by atoms with van der Waals surface area (Å²) in [5.41, 5.74) is 0.406. The minimum Gasteiger partial charge on any atom is -0.412 e. The standard InChI is InChI=1S/C24H48ClN3O.CH4.4H2O/c1-19(2)23(27-18-26-13-6-7-15-29-5)16-28-14-12-22(24(3,4)17-28)20-8-10-21(25)11-9-20;;;;;/h19-23,26-27H,6-18H2,1-5H3;1H4;4*1H2/t20?,21?,22?,23-;;;;;/m0...../s1. The molecule has 9 heteroatoms. The van der Waals surface area contributed by atoms with Gasteiger partial charge in [-0.05, 0) is 81.2 Å². The van der Waals surface area contributed by atoms with E-state index in [0.717, 1.165) is 44.6 Å². The van der Waals surface area contributed by atoms with Gasteiger partial charge in [0.25, 0.3) is 0 Å². The second-order valence-corrected chi connectivity index (χ2v) is 11.2. The van der Waals surface area contributed by atoms with Crippen LogP contribution in [-0.2, 0) is 4.74 Å². The quantitative estimate of drug-likeness (QED) is 0.230. The van der Waals surface area contributed by atoms with Gasteiger partial charge in [-0.25, -0.2) is 0 Å². The summed E-state index contributed by atoms with van der Waals surface area (Å²) in [6, 6.07) is 0.542. The summed E-state index contributed by atoms with van der Waals surface area (Å²) in [5, 5.41) is 7.74. The Morgan fingerprint density at radius 1 is 1.00 bits per heavy atom. The number of alkyl halides is 1. The van der Waals surface area contributed by atoms with Crippen molar-refractivity contribution in [2.24, 2.45) is 23.2 Å². The van der Waals surface area contributed by atoms with Gasteiger partial charge in [-0.1, -0.05) is 35.1 Å². The zero-order valence-corrected chi connectivity index (χ0v) is 22.6. The molecule has 1 aliphatic carbocycles. The van der Waals surface area contributed by atoms with Crippen molar-refractivity contribution in [2.75, 3.05) is 46.6 Å². The number of halogens is 1. The molecule has 0 aromatic carbocycles. The number of piperidine rings is 1. The van der Waals surface area contributed by atoms with Crippen molar-refractivity contribution in [3.63, 3.8) is 0 Å². The Labute approximate surface area is 215 Å². The molecular weight excluding hydrogens is 458 g/mol. The van der Waals surface area contributed by atoms with E-state index in [1.165, 1.54) is 51.6 Å². The summed E-state index contributed by atoms with van der Waals surface area (Å²) in [4.78, 5) is 2.72. The number of methoxy groups -OCH3 is 1. The first kappa shape index (κ1) is 41.1. The van der Waals surface area contributed by atoms with E-state index in [1.54, 1.807) is 7.11 Å². The number of likely N-dealkylation sites (tertiary alicyclic amines) is 1. The van der Waals surface area contributed by atoms with Crippen molar-refractivity contribution in [2.45, 2.75) is 91.5 Å². The summed E-state index contributed by atoms with van der Waals surface area (Å²) in [6.45, 7) is 16.2. The van der Waals surface area contributed by atoms with Crippen LogP contribution >= 0.6 is 11.6 Å². The first-order valence-electron chi connectivity index (χ1n) is 12.1. The lowest BCUT2D eigenvalue weighted by Gasteiger charge is -2.49. The zero-order valence-electron chi connectivity index (χ0n) is 21.8. The highest BCUT2D eigenvalue weighted by atomic mass is 35.5. The summed E-state index contributed by atoms with van der Waals surface area (Å²) in [7, 11) is 1.77. The Morgan fingerprint density at radius 2 is 1.62 bits per heavy atom. The number of ether oxygens (including phenoxy) is 1. The Kier molecular flexibility index (Phi) is 25.5. The largest absolute Gasteiger partial charge is 0.412 e. The fraction of sp³-hybridized carbons (Fsp3) is 1.00. The summed E-state index contributed by atoms with van der Waals surface area (Å²) in [5.74, 6) is 2.40.